The standard InChI is InChI=1S/C10H16F3NO/c11-10(12,13)9(5-6-9)14-7-3-1-2-4-8(7)15/h7-8,14-15H,1-6H2/t7-,8-/m0/s1. The molecule has 2 N–H and O–H groups in total. The molecule has 2 aliphatic carbocycles. The number of alkyl halides is 3. The summed E-state index contributed by atoms with van der Waals surface area (Å²) in [5, 5.41) is 12.2. The maximum absolute atomic E-state index is 12.6. The zero-order valence-electron chi connectivity index (χ0n) is 8.48. The van der Waals surface area contributed by atoms with E-state index in [0.717, 1.165) is 12.8 Å². The molecule has 0 aromatic heterocycles. The van der Waals surface area contributed by atoms with Crippen LogP contribution in [0.4, 0.5) is 13.2 Å². The molecule has 2 aliphatic rings. The smallest absolute Gasteiger partial charge is 0.392 e. The van der Waals surface area contributed by atoms with E-state index in [4.69, 9.17) is 0 Å². The van der Waals surface area contributed by atoms with E-state index in [2.05, 4.69) is 5.32 Å². The minimum Gasteiger partial charge on any atom is -0.392 e. The molecule has 88 valence electrons. The second-order valence-electron chi connectivity index (χ2n) is 4.68. The van der Waals surface area contributed by atoms with Crippen molar-refractivity contribution in [2.45, 2.75) is 62.4 Å². The minimum atomic E-state index is -4.18. The number of aliphatic hydroxyl groups excluding tert-OH is 1. The first-order valence-electron chi connectivity index (χ1n) is 5.47. The molecule has 0 amide bonds. The van der Waals surface area contributed by atoms with Crippen molar-refractivity contribution in [2.75, 3.05) is 0 Å². The lowest BCUT2D eigenvalue weighted by atomic mass is 9.91. The van der Waals surface area contributed by atoms with Gasteiger partial charge in [0.2, 0.25) is 0 Å². The zero-order valence-corrected chi connectivity index (χ0v) is 8.48. The summed E-state index contributed by atoms with van der Waals surface area (Å²) in [6.07, 6.45) is -1.39. The summed E-state index contributed by atoms with van der Waals surface area (Å²) in [6, 6.07) is -0.372. The van der Waals surface area contributed by atoms with Gasteiger partial charge < -0.3 is 5.11 Å². The van der Waals surface area contributed by atoms with Crippen LogP contribution >= 0.6 is 0 Å². The Balaban J connectivity index is 1.96. The highest BCUT2D eigenvalue weighted by Gasteiger charge is 2.64. The van der Waals surface area contributed by atoms with Gasteiger partial charge in [-0.25, -0.2) is 0 Å². The van der Waals surface area contributed by atoms with Crippen molar-refractivity contribution in [3.63, 3.8) is 0 Å². The van der Waals surface area contributed by atoms with E-state index in [1.165, 1.54) is 0 Å². The van der Waals surface area contributed by atoms with Crippen LogP contribution in [0.3, 0.4) is 0 Å². The van der Waals surface area contributed by atoms with Crippen LogP contribution in [-0.4, -0.2) is 29.0 Å². The molecule has 0 aliphatic heterocycles. The Morgan fingerprint density at radius 3 is 2.20 bits per heavy atom. The van der Waals surface area contributed by atoms with Crippen LogP contribution in [0.2, 0.25) is 0 Å². The highest BCUT2D eigenvalue weighted by molar-refractivity contribution is 5.10. The summed E-state index contributed by atoms with van der Waals surface area (Å²) < 4.78 is 37.9. The van der Waals surface area contributed by atoms with Crippen molar-refractivity contribution in [2.24, 2.45) is 0 Å². The van der Waals surface area contributed by atoms with Crippen molar-refractivity contribution in [1.82, 2.24) is 5.32 Å². The van der Waals surface area contributed by atoms with E-state index in [1.54, 1.807) is 0 Å². The summed E-state index contributed by atoms with van der Waals surface area (Å²) in [7, 11) is 0. The summed E-state index contributed by atoms with van der Waals surface area (Å²) in [4.78, 5) is 0. The average Bonchev–Trinajstić information content (AvgIpc) is 2.89. The van der Waals surface area contributed by atoms with Crippen LogP contribution in [0.1, 0.15) is 38.5 Å². The topological polar surface area (TPSA) is 32.3 Å². The first-order valence-corrected chi connectivity index (χ1v) is 5.47. The lowest BCUT2D eigenvalue weighted by Crippen LogP contribution is -2.54. The summed E-state index contributed by atoms with van der Waals surface area (Å²) in [5.41, 5.74) is -1.68. The van der Waals surface area contributed by atoms with E-state index in [1.807, 2.05) is 0 Å². The fourth-order valence-electron chi connectivity index (χ4n) is 2.27. The predicted octanol–water partition coefficient (Wildman–Crippen LogP) is 1.97. The quantitative estimate of drug-likeness (QED) is 0.750. The molecule has 0 bridgehead atoms. The Hall–Kier alpha value is -0.290. The molecule has 0 spiro atoms. The SMILES string of the molecule is O[C@H]1CCCC[C@@H]1NC1(C(F)(F)F)CC1. The number of hydrogen-bond donors (Lipinski definition) is 2. The van der Waals surface area contributed by atoms with E-state index < -0.39 is 17.8 Å². The maximum Gasteiger partial charge on any atom is 0.406 e. The molecule has 0 unspecified atom stereocenters. The largest absolute Gasteiger partial charge is 0.406 e. The molecule has 2 nitrogen and oxygen atoms in total. The molecule has 0 aromatic rings. The van der Waals surface area contributed by atoms with Crippen molar-refractivity contribution in [3.05, 3.63) is 0 Å². The predicted molar refractivity (Wildman–Crippen MR) is 49.4 cm³/mol. The first kappa shape index (κ1) is 11.2. The van der Waals surface area contributed by atoms with Gasteiger partial charge in [0, 0.05) is 6.04 Å². The molecule has 2 fully saturated rings. The molecule has 0 saturated heterocycles. The highest BCUT2D eigenvalue weighted by Crippen LogP contribution is 2.49. The van der Waals surface area contributed by atoms with Crippen LogP contribution in [0, 0.1) is 0 Å². The number of aliphatic hydroxyl groups is 1. The van der Waals surface area contributed by atoms with E-state index >= 15 is 0 Å². The fraction of sp³-hybridized carbons (Fsp3) is 1.00. The van der Waals surface area contributed by atoms with Gasteiger partial charge in [-0.1, -0.05) is 12.8 Å². The Labute approximate surface area is 86.9 Å². The van der Waals surface area contributed by atoms with Gasteiger partial charge in [-0.3, -0.25) is 5.32 Å². The fourth-order valence-corrected chi connectivity index (χ4v) is 2.27. The van der Waals surface area contributed by atoms with Crippen LogP contribution < -0.4 is 5.32 Å². The number of halogens is 3. The van der Waals surface area contributed by atoms with Gasteiger partial charge in [-0.2, -0.15) is 13.2 Å². The van der Waals surface area contributed by atoms with Crippen molar-refractivity contribution in [1.29, 1.82) is 0 Å². The molecule has 2 atom stereocenters. The first-order chi connectivity index (χ1) is 6.95. The van der Waals surface area contributed by atoms with Crippen LogP contribution in [-0.2, 0) is 0 Å². The lowest BCUT2D eigenvalue weighted by Gasteiger charge is -2.33. The molecule has 0 aromatic carbocycles. The molecule has 5 heteroatoms. The third kappa shape index (κ3) is 2.13. The number of rotatable bonds is 2. The number of hydrogen-bond acceptors (Lipinski definition) is 2. The second-order valence-corrected chi connectivity index (χ2v) is 4.68. The summed E-state index contributed by atoms with van der Waals surface area (Å²) in [6.45, 7) is 0. The van der Waals surface area contributed by atoms with E-state index in [0.29, 0.717) is 12.8 Å². The Morgan fingerprint density at radius 2 is 1.73 bits per heavy atom. The Bertz CT molecular complexity index is 237. The molecular formula is C10H16F3NO. The summed E-state index contributed by atoms with van der Waals surface area (Å²) >= 11 is 0. The second kappa shape index (κ2) is 3.63. The van der Waals surface area contributed by atoms with Crippen molar-refractivity contribution < 1.29 is 18.3 Å². The number of nitrogens with one attached hydrogen (secondary N) is 1. The van der Waals surface area contributed by atoms with E-state index in [9.17, 15) is 18.3 Å². The molecule has 0 radical (unpaired) electrons. The summed E-state index contributed by atoms with van der Waals surface area (Å²) in [5.74, 6) is 0. The van der Waals surface area contributed by atoms with E-state index in [-0.39, 0.29) is 18.9 Å². The van der Waals surface area contributed by atoms with Crippen LogP contribution in [0.25, 0.3) is 0 Å². The minimum absolute atomic E-state index is 0.153. The normalized spacial score (nSPS) is 35.2. The monoisotopic (exact) mass is 223 g/mol. The average molecular weight is 223 g/mol. The third-order valence-corrected chi connectivity index (χ3v) is 3.48. The van der Waals surface area contributed by atoms with Crippen LogP contribution in [0.5, 0.6) is 0 Å². The van der Waals surface area contributed by atoms with Gasteiger partial charge in [0.15, 0.2) is 0 Å². The molecule has 2 rings (SSSR count). The molecule has 15 heavy (non-hydrogen) atoms. The van der Waals surface area contributed by atoms with Crippen LogP contribution in [0.15, 0.2) is 0 Å². The molecule has 2 saturated carbocycles. The van der Waals surface area contributed by atoms with Crippen molar-refractivity contribution in [3.8, 4) is 0 Å². The highest BCUT2D eigenvalue weighted by atomic mass is 19.4. The van der Waals surface area contributed by atoms with Gasteiger partial charge in [0.25, 0.3) is 0 Å². The van der Waals surface area contributed by atoms with Gasteiger partial charge in [0.1, 0.15) is 5.54 Å². The molecule has 0 heterocycles. The zero-order chi connectivity index (χ0) is 11.1. The Morgan fingerprint density at radius 1 is 1.13 bits per heavy atom. The van der Waals surface area contributed by atoms with Gasteiger partial charge in [-0.05, 0) is 25.7 Å². The van der Waals surface area contributed by atoms with Gasteiger partial charge >= 0.3 is 6.18 Å². The van der Waals surface area contributed by atoms with Gasteiger partial charge in [-0.15, -0.1) is 0 Å². The third-order valence-electron chi connectivity index (χ3n) is 3.48. The molecular weight excluding hydrogens is 207 g/mol. The lowest BCUT2D eigenvalue weighted by molar-refractivity contribution is -0.170. The van der Waals surface area contributed by atoms with Crippen molar-refractivity contribution >= 4 is 0 Å². The van der Waals surface area contributed by atoms with Gasteiger partial charge in [0.05, 0.1) is 6.10 Å². The maximum atomic E-state index is 12.6. The Kier molecular flexibility index (Phi) is 2.71.